The second-order valence-electron chi connectivity index (χ2n) is 10.7. The van der Waals surface area contributed by atoms with Gasteiger partial charge in [0.25, 0.3) is 5.91 Å². The average molecular weight is 611 g/mol. The summed E-state index contributed by atoms with van der Waals surface area (Å²) in [7, 11) is 1.48. The molecule has 4 aromatic rings. The minimum absolute atomic E-state index is 0.00987. The van der Waals surface area contributed by atoms with Crippen LogP contribution in [0.3, 0.4) is 0 Å². The van der Waals surface area contributed by atoms with Gasteiger partial charge in [-0.3, -0.25) is 24.6 Å². The molecule has 2 N–H and O–H groups in total. The zero-order chi connectivity index (χ0) is 30.2. The van der Waals surface area contributed by atoms with E-state index >= 15 is 0 Å². The van der Waals surface area contributed by atoms with E-state index in [0.29, 0.717) is 48.3 Å². The second kappa shape index (κ2) is 11.5. The summed E-state index contributed by atoms with van der Waals surface area (Å²) in [5.74, 6) is -0.352. The van der Waals surface area contributed by atoms with E-state index in [2.05, 4.69) is 38.0 Å². The first-order valence-electron chi connectivity index (χ1n) is 13.8. The largest absolute Gasteiger partial charge is 0.433 e. The lowest BCUT2D eigenvalue weighted by Gasteiger charge is -2.29. The molecule has 0 unspecified atom stereocenters. The molecule has 43 heavy (non-hydrogen) atoms. The van der Waals surface area contributed by atoms with Crippen LogP contribution >= 0.6 is 11.3 Å². The summed E-state index contributed by atoms with van der Waals surface area (Å²) < 4.78 is 45.4. The number of methoxy groups -OCH3 is 1. The maximum atomic E-state index is 13.5. The third kappa shape index (κ3) is 5.92. The highest BCUT2D eigenvalue weighted by atomic mass is 32.1. The summed E-state index contributed by atoms with van der Waals surface area (Å²) in [6, 6.07) is 9.53. The van der Waals surface area contributed by atoms with E-state index < -0.39 is 17.5 Å². The SMILES string of the molecule is CO[C@@]1(C(=O)Nc2ccc3[nH]nc(-c4ccnc(C(F)(F)F)c4)c3c2)CCN(CC(=O)N2CC=C(c3ccsc3)CC2)C1. The number of anilines is 1. The molecule has 1 atom stereocenters. The van der Waals surface area contributed by atoms with Crippen molar-refractivity contribution in [2.24, 2.45) is 0 Å². The lowest BCUT2D eigenvalue weighted by molar-refractivity contribution is -0.141. The van der Waals surface area contributed by atoms with Crippen LogP contribution in [0.5, 0.6) is 0 Å². The zero-order valence-corrected chi connectivity index (χ0v) is 24.1. The van der Waals surface area contributed by atoms with Gasteiger partial charge in [0, 0.05) is 56.1 Å². The van der Waals surface area contributed by atoms with E-state index in [1.165, 1.54) is 24.3 Å². The lowest BCUT2D eigenvalue weighted by atomic mass is 10.0. The fourth-order valence-corrected chi connectivity index (χ4v) is 6.30. The van der Waals surface area contributed by atoms with Gasteiger partial charge in [0.1, 0.15) is 11.4 Å². The molecule has 6 rings (SSSR count). The van der Waals surface area contributed by atoms with Gasteiger partial charge in [-0.2, -0.15) is 29.6 Å². The number of aromatic nitrogens is 3. The Morgan fingerprint density at radius 2 is 2.02 bits per heavy atom. The highest BCUT2D eigenvalue weighted by Crippen LogP contribution is 2.34. The van der Waals surface area contributed by atoms with Crippen molar-refractivity contribution in [3.05, 3.63) is 70.7 Å². The van der Waals surface area contributed by atoms with Gasteiger partial charge in [0.05, 0.1) is 12.1 Å². The summed E-state index contributed by atoms with van der Waals surface area (Å²) in [4.78, 5) is 33.8. The van der Waals surface area contributed by atoms with Crippen molar-refractivity contribution in [2.75, 3.05) is 45.2 Å². The first-order valence-corrected chi connectivity index (χ1v) is 14.7. The summed E-state index contributed by atoms with van der Waals surface area (Å²) in [5, 5.41) is 14.6. The molecule has 2 aliphatic heterocycles. The van der Waals surface area contributed by atoms with Crippen LogP contribution < -0.4 is 5.32 Å². The highest BCUT2D eigenvalue weighted by molar-refractivity contribution is 7.08. The van der Waals surface area contributed by atoms with Crippen molar-refractivity contribution in [1.82, 2.24) is 25.0 Å². The number of aromatic amines is 1. The summed E-state index contributed by atoms with van der Waals surface area (Å²) in [5.41, 5.74) is 1.89. The number of nitrogens with one attached hydrogen (secondary N) is 2. The predicted octanol–water partition coefficient (Wildman–Crippen LogP) is 5.05. The molecular formula is C30H29F3N6O3S. The monoisotopic (exact) mass is 610 g/mol. The van der Waals surface area contributed by atoms with Gasteiger partial charge in [0.15, 0.2) is 5.60 Å². The van der Waals surface area contributed by atoms with Crippen LogP contribution in [0.4, 0.5) is 18.9 Å². The molecular weight excluding hydrogens is 581 g/mol. The molecule has 2 amide bonds. The van der Waals surface area contributed by atoms with Gasteiger partial charge in [-0.15, -0.1) is 0 Å². The number of alkyl halides is 3. The Labute approximate surface area is 249 Å². The number of carbonyl (C=O) groups is 2. The van der Waals surface area contributed by atoms with E-state index in [4.69, 9.17) is 4.74 Å². The first-order chi connectivity index (χ1) is 20.6. The molecule has 9 nitrogen and oxygen atoms in total. The van der Waals surface area contributed by atoms with Crippen LogP contribution in [0.25, 0.3) is 27.7 Å². The first kappa shape index (κ1) is 29.0. The predicted molar refractivity (Wildman–Crippen MR) is 157 cm³/mol. The topological polar surface area (TPSA) is 103 Å². The summed E-state index contributed by atoms with van der Waals surface area (Å²) in [6.45, 7) is 2.17. The Morgan fingerprint density at radius 1 is 1.16 bits per heavy atom. The van der Waals surface area contributed by atoms with Crippen LogP contribution in [0.1, 0.15) is 24.1 Å². The van der Waals surface area contributed by atoms with Crippen molar-refractivity contribution in [3.63, 3.8) is 0 Å². The third-order valence-electron chi connectivity index (χ3n) is 8.07. The van der Waals surface area contributed by atoms with Crippen LogP contribution in [-0.4, -0.2) is 82.2 Å². The van der Waals surface area contributed by atoms with Gasteiger partial charge in [0.2, 0.25) is 5.91 Å². The maximum absolute atomic E-state index is 13.5. The molecule has 0 radical (unpaired) electrons. The van der Waals surface area contributed by atoms with Gasteiger partial charge < -0.3 is 15.0 Å². The standard InChI is InChI=1S/C30H29F3N6O3S/c1-42-29(8-12-38(18-29)16-26(40)39-10-5-19(6-11-39)21-7-13-43-17-21)28(41)35-22-2-3-24-23(15-22)27(37-36-24)20-4-9-34-25(14-20)30(31,32)33/h2-5,7,9,13-15,17H,6,8,10-12,16,18H2,1H3,(H,35,41)(H,36,37)/t29-/m0/s1. The van der Waals surface area contributed by atoms with E-state index in [1.807, 2.05) is 15.2 Å². The molecule has 5 heterocycles. The smallest absolute Gasteiger partial charge is 0.367 e. The van der Waals surface area contributed by atoms with Gasteiger partial charge in [-0.1, -0.05) is 6.08 Å². The number of likely N-dealkylation sites (tertiary alicyclic amines) is 1. The quantitative estimate of drug-likeness (QED) is 0.304. The van der Waals surface area contributed by atoms with Crippen molar-refractivity contribution in [2.45, 2.75) is 24.6 Å². The summed E-state index contributed by atoms with van der Waals surface area (Å²) in [6.07, 6.45) is -0.185. The molecule has 0 aliphatic carbocycles. The number of hydrogen-bond acceptors (Lipinski definition) is 7. The maximum Gasteiger partial charge on any atom is 0.433 e. The normalized spacial score (nSPS) is 19.5. The Balaban J connectivity index is 1.12. The molecule has 1 aromatic carbocycles. The number of halogens is 3. The number of fused-ring (bicyclic) bond motifs is 1. The molecule has 0 saturated carbocycles. The number of hydrogen-bond donors (Lipinski definition) is 2. The molecule has 0 bridgehead atoms. The molecule has 0 spiro atoms. The number of nitrogens with zero attached hydrogens (tertiary/aromatic N) is 4. The van der Waals surface area contributed by atoms with Gasteiger partial charge in [-0.25, -0.2) is 0 Å². The Bertz CT molecular complexity index is 1690. The Morgan fingerprint density at radius 3 is 2.74 bits per heavy atom. The van der Waals surface area contributed by atoms with Gasteiger partial charge in [-0.05, 0) is 71.1 Å². The van der Waals surface area contributed by atoms with E-state index in [0.717, 1.165) is 18.7 Å². The van der Waals surface area contributed by atoms with Crippen LogP contribution in [0.15, 0.2) is 59.4 Å². The van der Waals surface area contributed by atoms with Crippen molar-refractivity contribution in [3.8, 4) is 11.3 Å². The zero-order valence-electron chi connectivity index (χ0n) is 23.3. The molecule has 2 aliphatic rings. The second-order valence-corrected chi connectivity index (χ2v) is 11.5. The van der Waals surface area contributed by atoms with Crippen LogP contribution in [-0.2, 0) is 20.5 Å². The molecule has 3 aromatic heterocycles. The number of ether oxygens (including phenoxy) is 1. The Kier molecular flexibility index (Phi) is 7.79. The van der Waals surface area contributed by atoms with E-state index in [-0.39, 0.29) is 30.5 Å². The third-order valence-corrected chi connectivity index (χ3v) is 8.76. The van der Waals surface area contributed by atoms with Crippen molar-refractivity contribution < 1.29 is 27.5 Å². The fourth-order valence-electron chi connectivity index (χ4n) is 5.62. The number of pyridine rings is 1. The lowest BCUT2D eigenvalue weighted by Crippen LogP contribution is -2.48. The Hall–Kier alpha value is -4.07. The number of amides is 2. The fraction of sp³-hybridized carbons (Fsp3) is 0.333. The van der Waals surface area contributed by atoms with Crippen LogP contribution in [0, 0.1) is 0 Å². The number of H-pyrrole nitrogens is 1. The highest BCUT2D eigenvalue weighted by Gasteiger charge is 2.45. The molecule has 1 fully saturated rings. The number of rotatable bonds is 7. The number of thiophene rings is 1. The molecule has 13 heteroatoms. The summed E-state index contributed by atoms with van der Waals surface area (Å²) >= 11 is 1.65. The molecule has 1 saturated heterocycles. The van der Waals surface area contributed by atoms with Crippen molar-refractivity contribution >= 4 is 45.3 Å². The van der Waals surface area contributed by atoms with Crippen LogP contribution in [0.2, 0.25) is 0 Å². The van der Waals surface area contributed by atoms with E-state index in [1.54, 1.807) is 29.5 Å². The van der Waals surface area contributed by atoms with E-state index in [9.17, 15) is 22.8 Å². The minimum atomic E-state index is -4.59. The molecule has 224 valence electrons. The number of benzene rings is 1. The van der Waals surface area contributed by atoms with Gasteiger partial charge >= 0.3 is 6.18 Å². The van der Waals surface area contributed by atoms with Crippen molar-refractivity contribution in [1.29, 1.82) is 0 Å². The number of carbonyl (C=O) groups excluding carboxylic acids is 2. The minimum Gasteiger partial charge on any atom is -0.367 e. The average Bonchev–Trinajstić information content (AvgIpc) is 3.77.